The summed E-state index contributed by atoms with van der Waals surface area (Å²) < 4.78 is 0. The van der Waals surface area contributed by atoms with Gasteiger partial charge in [0.05, 0.1) is 12.2 Å². The molecule has 0 radical (unpaired) electrons. The predicted molar refractivity (Wildman–Crippen MR) is 80.5 cm³/mol. The highest BCUT2D eigenvalue weighted by molar-refractivity contribution is 7.14. The predicted octanol–water partition coefficient (Wildman–Crippen LogP) is 1.31. The van der Waals surface area contributed by atoms with E-state index < -0.39 is 5.97 Å². The van der Waals surface area contributed by atoms with Crippen LogP contribution in [0, 0.1) is 0 Å². The van der Waals surface area contributed by atoms with Crippen molar-refractivity contribution in [2.75, 3.05) is 26.2 Å². The van der Waals surface area contributed by atoms with Gasteiger partial charge in [-0.15, -0.1) is 11.3 Å². The van der Waals surface area contributed by atoms with E-state index in [-0.39, 0.29) is 0 Å². The summed E-state index contributed by atoms with van der Waals surface area (Å²) in [6.45, 7) is 4.57. The monoisotopic (exact) mass is 304 g/mol. The summed E-state index contributed by atoms with van der Waals surface area (Å²) in [5.74, 6) is -0.925. The number of carboxylic acids is 1. The van der Waals surface area contributed by atoms with E-state index in [1.807, 2.05) is 0 Å². The molecule has 0 unspecified atom stereocenters. The van der Waals surface area contributed by atoms with E-state index >= 15 is 0 Å². The van der Waals surface area contributed by atoms with Gasteiger partial charge in [-0.3, -0.25) is 9.88 Å². The van der Waals surface area contributed by atoms with Crippen LogP contribution >= 0.6 is 11.3 Å². The zero-order valence-corrected chi connectivity index (χ0v) is 12.3. The number of rotatable bonds is 4. The Morgan fingerprint density at radius 3 is 2.71 bits per heavy atom. The molecule has 1 aliphatic rings. The molecule has 0 bridgehead atoms. The van der Waals surface area contributed by atoms with Crippen molar-refractivity contribution in [3.63, 3.8) is 0 Å². The van der Waals surface area contributed by atoms with E-state index in [2.05, 4.69) is 20.2 Å². The maximum Gasteiger partial charge on any atom is 0.348 e. The molecule has 110 valence electrons. The van der Waals surface area contributed by atoms with Crippen LogP contribution in [0.2, 0.25) is 0 Å². The molecule has 0 aromatic carbocycles. The molecule has 0 spiro atoms. The van der Waals surface area contributed by atoms with Crippen LogP contribution in [0.5, 0.6) is 0 Å². The van der Waals surface area contributed by atoms with E-state index in [0.29, 0.717) is 17.1 Å². The van der Waals surface area contributed by atoms with E-state index in [1.165, 1.54) is 11.3 Å². The van der Waals surface area contributed by atoms with Gasteiger partial charge >= 0.3 is 5.97 Å². The number of thiazole rings is 1. The minimum atomic E-state index is -0.925. The summed E-state index contributed by atoms with van der Waals surface area (Å²) in [6.07, 6.45) is 3.30. The van der Waals surface area contributed by atoms with E-state index in [9.17, 15) is 9.90 Å². The number of aromatic carboxylic acids is 1. The molecule has 3 rings (SSSR count). The van der Waals surface area contributed by atoms with Crippen molar-refractivity contribution in [2.24, 2.45) is 0 Å². The third kappa shape index (κ3) is 3.26. The van der Waals surface area contributed by atoms with Gasteiger partial charge in [0, 0.05) is 44.1 Å². The molecule has 2 aromatic heterocycles. The number of carbonyl (C=O) groups is 1. The van der Waals surface area contributed by atoms with Crippen molar-refractivity contribution in [3.8, 4) is 11.3 Å². The van der Waals surface area contributed by atoms with Gasteiger partial charge in [-0.05, 0) is 12.1 Å². The quantitative estimate of drug-likeness (QED) is 0.887. The maximum absolute atomic E-state index is 11.4. The number of pyridine rings is 1. The molecule has 6 nitrogen and oxygen atoms in total. The Morgan fingerprint density at radius 1 is 1.33 bits per heavy atom. The van der Waals surface area contributed by atoms with Gasteiger partial charge in [-0.25, -0.2) is 9.78 Å². The van der Waals surface area contributed by atoms with Crippen molar-refractivity contribution < 1.29 is 9.90 Å². The van der Waals surface area contributed by atoms with Crippen molar-refractivity contribution in [1.82, 2.24) is 20.2 Å². The second-order valence-corrected chi connectivity index (χ2v) is 5.94. The molecule has 0 atom stereocenters. The first-order valence-corrected chi connectivity index (χ1v) is 7.62. The van der Waals surface area contributed by atoms with Crippen LogP contribution in [0.1, 0.15) is 14.7 Å². The molecular weight excluding hydrogens is 288 g/mol. The Labute approximate surface area is 126 Å². The summed E-state index contributed by atoms with van der Waals surface area (Å²) in [4.78, 5) is 22.5. The fourth-order valence-corrected chi connectivity index (χ4v) is 3.31. The van der Waals surface area contributed by atoms with Crippen molar-refractivity contribution in [3.05, 3.63) is 34.4 Å². The number of aromatic nitrogens is 2. The second-order valence-electron chi connectivity index (χ2n) is 4.85. The van der Waals surface area contributed by atoms with E-state index in [0.717, 1.165) is 36.8 Å². The zero-order valence-electron chi connectivity index (χ0n) is 11.5. The molecule has 1 fully saturated rings. The number of hydrogen-bond donors (Lipinski definition) is 2. The Hall–Kier alpha value is -1.83. The van der Waals surface area contributed by atoms with Gasteiger partial charge < -0.3 is 10.4 Å². The number of nitrogens with one attached hydrogen (secondary N) is 1. The molecular formula is C14H16N4O2S. The number of nitrogens with zero attached hydrogens (tertiary/aromatic N) is 3. The third-order valence-electron chi connectivity index (χ3n) is 3.39. The number of hydrogen-bond acceptors (Lipinski definition) is 6. The Morgan fingerprint density at radius 2 is 2.05 bits per heavy atom. The SMILES string of the molecule is O=C(O)c1sc(CN2CCNCC2)nc1-c1ccncc1. The highest BCUT2D eigenvalue weighted by Crippen LogP contribution is 2.28. The third-order valence-corrected chi connectivity index (χ3v) is 4.42. The van der Waals surface area contributed by atoms with E-state index in [4.69, 9.17) is 0 Å². The van der Waals surface area contributed by atoms with Crippen LogP contribution in [0.3, 0.4) is 0 Å². The molecule has 1 saturated heterocycles. The topological polar surface area (TPSA) is 78.4 Å². The van der Waals surface area contributed by atoms with Crippen LogP contribution in [0.25, 0.3) is 11.3 Å². The van der Waals surface area contributed by atoms with Crippen molar-refractivity contribution in [2.45, 2.75) is 6.54 Å². The summed E-state index contributed by atoms with van der Waals surface area (Å²) >= 11 is 1.26. The molecule has 1 aliphatic heterocycles. The molecule has 2 aromatic rings. The first-order valence-electron chi connectivity index (χ1n) is 6.80. The maximum atomic E-state index is 11.4. The summed E-state index contributed by atoms with van der Waals surface area (Å²) in [5, 5.41) is 13.5. The summed E-state index contributed by atoms with van der Waals surface area (Å²) in [7, 11) is 0. The Bertz CT molecular complexity index is 623. The Balaban J connectivity index is 1.87. The van der Waals surface area contributed by atoms with Crippen LogP contribution in [-0.4, -0.2) is 52.1 Å². The van der Waals surface area contributed by atoms with E-state index in [1.54, 1.807) is 24.5 Å². The lowest BCUT2D eigenvalue weighted by molar-refractivity contribution is 0.0702. The average Bonchev–Trinajstić information content (AvgIpc) is 2.93. The summed E-state index contributed by atoms with van der Waals surface area (Å²) in [6, 6.07) is 3.58. The lowest BCUT2D eigenvalue weighted by atomic mass is 10.2. The molecule has 21 heavy (non-hydrogen) atoms. The standard InChI is InChI=1S/C14H16N4O2S/c19-14(20)13-12(10-1-3-15-4-2-10)17-11(21-13)9-18-7-5-16-6-8-18/h1-4,16H,5-9H2,(H,19,20). The van der Waals surface area contributed by atoms with Gasteiger partial charge in [-0.1, -0.05) is 0 Å². The highest BCUT2D eigenvalue weighted by atomic mass is 32.1. The van der Waals surface area contributed by atoms with Crippen molar-refractivity contribution in [1.29, 1.82) is 0 Å². The van der Waals surface area contributed by atoms with Gasteiger partial charge in [-0.2, -0.15) is 0 Å². The van der Waals surface area contributed by atoms with Crippen LogP contribution in [-0.2, 0) is 6.54 Å². The number of piperazine rings is 1. The first kappa shape index (κ1) is 14.1. The molecule has 0 aliphatic carbocycles. The Kier molecular flexibility index (Phi) is 4.23. The average molecular weight is 304 g/mol. The van der Waals surface area contributed by atoms with Crippen LogP contribution in [0.15, 0.2) is 24.5 Å². The molecule has 3 heterocycles. The van der Waals surface area contributed by atoms with Crippen LogP contribution < -0.4 is 5.32 Å². The first-order chi connectivity index (χ1) is 10.2. The minimum absolute atomic E-state index is 0.298. The minimum Gasteiger partial charge on any atom is -0.477 e. The molecule has 2 N–H and O–H groups in total. The fourth-order valence-electron chi connectivity index (χ4n) is 2.34. The summed E-state index contributed by atoms with van der Waals surface area (Å²) in [5.41, 5.74) is 1.34. The van der Waals surface area contributed by atoms with Crippen molar-refractivity contribution >= 4 is 17.3 Å². The molecule has 0 saturated carbocycles. The fraction of sp³-hybridized carbons (Fsp3) is 0.357. The highest BCUT2D eigenvalue weighted by Gasteiger charge is 2.20. The van der Waals surface area contributed by atoms with Gasteiger partial charge in [0.25, 0.3) is 0 Å². The van der Waals surface area contributed by atoms with Gasteiger partial charge in [0.15, 0.2) is 0 Å². The molecule has 0 amide bonds. The lowest BCUT2D eigenvalue weighted by Gasteiger charge is -2.26. The van der Waals surface area contributed by atoms with Gasteiger partial charge in [0.1, 0.15) is 9.88 Å². The number of carboxylic acid groups (broad SMARTS) is 1. The normalized spacial score (nSPS) is 16.0. The van der Waals surface area contributed by atoms with Crippen LogP contribution in [0.4, 0.5) is 0 Å². The lowest BCUT2D eigenvalue weighted by Crippen LogP contribution is -2.42. The smallest absolute Gasteiger partial charge is 0.348 e. The largest absolute Gasteiger partial charge is 0.477 e. The second kappa shape index (κ2) is 6.30. The molecule has 7 heteroatoms. The van der Waals surface area contributed by atoms with Gasteiger partial charge in [0.2, 0.25) is 0 Å². The zero-order chi connectivity index (χ0) is 14.7.